The molecule has 4 rings (SSSR count). The standard InChI is InChI=1S/C31H41N3O4/c1-6-7-8-9-16-38-24-13-11-23(12-14-24)29-26-27(25-19-21(4)18-22(5)30(25)35)32-33-28(26)31(36)34(29)15-10-17-37-20(2)3/h11-14,18-20,29,35H,6-10,15-17H2,1-5H3,(H,32,33). The van der Waals surface area contributed by atoms with E-state index in [-0.39, 0.29) is 23.8 Å². The number of hydrogen-bond acceptors (Lipinski definition) is 5. The molecule has 38 heavy (non-hydrogen) atoms. The highest BCUT2D eigenvalue weighted by molar-refractivity contribution is 6.00. The van der Waals surface area contributed by atoms with Gasteiger partial charge < -0.3 is 19.5 Å². The molecule has 7 nitrogen and oxygen atoms in total. The fraction of sp³-hybridized carbons (Fsp3) is 0.484. The van der Waals surface area contributed by atoms with Crippen molar-refractivity contribution in [1.29, 1.82) is 0 Å². The molecule has 1 unspecified atom stereocenters. The number of carbonyl (C=O) groups excluding carboxylic acids is 1. The molecule has 1 aromatic heterocycles. The number of benzene rings is 2. The quantitative estimate of drug-likeness (QED) is 0.245. The van der Waals surface area contributed by atoms with Crippen molar-refractivity contribution in [1.82, 2.24) is 15.1 Å². The Kier molecular flexibility index (Phi) is 9.10. The number of phenolic OH excluding ortho intramolecular Hbond substituents is 1. The van der Waals surface area contributed by atoms with Crippen molar-refractivity contribution in [3.05, 3.63) is 64.3 Å². The number of nitrogens with one attached hydrogen (secondary N) is 1. The number of hydrogen-bond donors (Lipinski definition) is 2. The second kappa shape index (κ2) is 12.5. The van der Waals surface area contributed by atoms with Gasteiger partial charge in [-0.15, -0.1) is 0 Å². The van der Waals surface area contributed by atoms with Gasteiger partial charge in [-0.2, -0.15) is 5.10 Å². The number of amides is 1. The van der Waals surface area contributed by atoms with E-state index in [0.717, 1.165) is 40.8 Å². The summed E-state index contributed by atoms with van der Waals surface area (Å²) in [5.41, 5.74) is 5.30. The van der Waals surface area contributed by atoms with E-state index >= 15 is 0 Å². The Balaban J connectivity index is 1.66. The fourth-order valence-corrected chi connectivity index (χ4v) is 5.14. The molecule has 0 fully saturated rings. The predicted octanol–water partition coefficient (Wildman–Crippen LogP) is 6.72. The third kappa shape index (κ3) is 6.04. The van der Waals surface area contributed by atoms with E-state index in [4.69, 9.17) is 9.47 Å². The zero-order chi connectivity index (χ0) is 27.2. The lowest BCUT2D eigenvalue weighted by Crippen LogP contribution is -2.31. The molecule has 7 heteroatoms. The van der Waals surface area contributed by atoms with Gasteiger partial charge in [0.15, 0.2) is 0 Å². The first kappa shape index (κ1) is 27.7. The second-order valence-electron chi connectivity index (χ2n) is 10.5. The average Bonchev–Trinajstić information content (AvgIpc) is 3.43. The minimum Gasteiger partial charge on any atom is -0.507 e. The summed E-state index contributed by atoms with van der Waals surface area (Å²) >= 11 is 0. The predicted molar refractivity (Wildman–Crippen MR) is 150 cm³/mol. The van der Waals surface area contributed by atoms with Gasteiger partial charge in [0.2, 0.25) is 0 Å². The Morgan fingerprint density at radius 2 is 1.82 bits per heavy atom. The van der Waals surface area contributed by atoms with E-state index in [9.17, 15) is 9.90 Å². The minimum absolute atomic E-state index is 0.0894. The number of aromatic amines is 1. The van der Waals surface area contributed by atoms with Crippen LogP contribution in [0.2, 0.25) is 0 Å². The van der Waals surface area contributed by atoms with Crippen molar-refractivity contribution in [3.63, 3.8) is 0 Å². The molecular weight excluding hydrogens is 478 g/mol. The number of phenols is 1. The van der Waals surface area contributed by atoms with Gasteiger partial charge in [-0.05, 0) is 75.4 Å². The lowest BCUT2D eigenvalue weighted by Gasteiger charge is -2.27. The van der Waals surface area contributed by atoms with Crippen LogP contribution in [0.4, 0.5) is 0 Å². The highest BCUT2D eigenvalue weighted by atomic mass is 16.5. The van der Waals surface area contributed by atoms with Crippen molar-refractivity contribution in [2.75, 3.05) is 19.8 Å². The van der Waals surface area contributed by atoms with Gasteiger partial charge >= 0.3 is 0 Å². The SMILES string of the molecule is CCCCCCOc1ccc(C2c3c(-c4cc(C)cc(C)c4O)n[nH]c3C(=O)N2CCCOC(C)C)cc1. The Hall–Kier alpha value is -3.32. The molecule has 1 aliphatic rings. The summed E-state index contributed by atoms with van der Waals surface area (Å²) in [6, 6.07) is 11.6. The first-order valence-corrected chi connectivity index (χ1v) is 13.9. The number of H-pyrrole nitrogens is 1. The zero-order valence-corrected chi connectivity index (χ0v) is 23.3. The van der Waals surface area contributed by atoms with E-state index in [1.165, 1.54) is 19.3 Å². The molecule has 1 atom stereocenters. The topological polar surface area (TPSA) is 87.7 Å². The smallest absolute Gasteiger partial charge is 0.273 e. The molecule has 1 amide bonds. The number of nitrogens with zero attached hydrogens (tertiary/aromatic N) is 2. The van der Waals surface area contributed by atoms with Crippen LogP contribution in [-0.2, 0) is 4.74 Å². The molecule has 0 aliphatic carbocycles. The van der Waals surface area contributed by atoms with Crippen molar-refractivity contribution < 1.29 is 19.4 Å². The maximum atomic E-state index is 13.6. The van der Waals surface area contributed by atoms with Crippen LogP contribution >= 0.6 is 0 Å². The van der Waals surface area contributed by atoms with Gasteiger partial charge in [-0.3, -0.25) is 9.89 Å². The molecule has 2 aromatic carbocycles. The van der Waals surface area contributed by atoms with Gasteiger partial charge in [0, 0.05) is 24.3 Å². The third-order valence-electron chi connectivity index (χ3n) is 7.02. The van der Waals surface area contributed by atoms with Gasteiger partial charge in [0.25, 0.3) is 5.91 Å². The summed E-state index contributed by atoms with van der Waals surface area (Å²) in [5.74, 6) is 0.922. The largest absolute Gasteiger partial charge is 0.507 e. The lowest BCUT2D eigenvalue weighted by molar-refractivity contribution is 0.0601. The minimum atomic E-state index is -0.330. The molecule has 3 aromatic rings. The Bertz CT molecular complexity index is 1230. The summed E-state index contributed by atoms with van der Waals surface area (Å²) in [4.78, 5) is 15.5. The first-order valence-electron chi connectivity index (χ1n) is 13.9. The number of aryl methyl sites for hydroxylation is 2. The van der Waals surface area contributed by atoms with E-state index in [1.54, 1.807) is 0 Å². The van der Waals surface area contributed by atoms with E-state index in [0.29, 0.717) is 36.7 Å². The molecular formula is C31H41N3O4. The number of unbranched alkanes of at least 4 members (excludes halogenated alkanes) is 3. The van der Waals surface area contributed by atoms with Crippen LogP contribution in [0.15, 0.2) is 36.4 Å². The maximum absolute atomic E-state index is 13.6. The Morgan fingerprint density at radius 1 is 1.05 bits per heavy atom. The van der Waals surface area contributed by atoms with Crippen LogP contribution in [0.3, 0.4) is 0 Å². The molecule has 0 bridgehead atoms. The summed E-state index contributed by atoms with van der Waals surface area (Å²) in [7, 11) is 0. The maximum Gasteiger partial charge on any atom is 0.273 e. The van der Waals surface area contributed by atoms with Gasteiger partial charge in [0.1, 0.15) is 22.9 Å². The van der Waals surface area contributed by atoms with Crippen molar-refractivity contribution in [2.45, 2.75) is 78.9 Å². The summed E-state index contributed by atoms with van der Waals surface area (Å²) < 4.78 is 11.7. The summed E-state index contributed by atoms with van der Waals surface area (Å²) in [5, 5.41) is 18.4. The van der Waals surface area contributed by atoms with Crippen LogP contribution in [0, 0.1) is 13.8 Å². The van der Waals surface area contributed by atoms with E-state index in [2.05, 4.69) is 17.1 Å². The second-order valence-corrected chi connectivity index (χ2v) is 10.5. The molecule has 1 aliphatic heterocycles. The summed E-state index contributed by atoms with van der Waals surface area (Å²) in [6.45, 7) is 11.9. The van der Waals surface area contributed by atoms with Crippen molar-refractivity contribution in [2.24, 2.45) is 0 Å². The zero-order valence-electron chi connectivity index (χ0n) is 23.3. The number of carbonyl (C=O) groups is 1. The molecule has 2 heterocycles. The van der Waals surface area contributed by atoms with Crippen LogP contribution < -0.4 is 4.74 Å². The molecule has 0 radical (unpaired) electrons. The number of ether oxygens (including phenoxy) is 2. The molecule has 2 N–H and O–H groups in total. The number of fused-ring (bicyclic) bond motifs is 1. The van der Waals surface area contributed by atoms with Crippen LogP contribution in [-0.4, -0.2) is 52.0 Å². The van der Waals surface area contributed by atoms with Gasteiger partial charge in [-0.1, -0.05) is 44.4 Å². The Morgan fingerprint density at radius 3 is 2.53 bits per heavy atom. The van der Waals surface area contributed by atoms with Crippen molar-refractivity contribution in [3.8, 4) is 22.8 Å². The number of rotatable bonds is 13. The van der Waals surface area contributed by atoms with E-state index < -0.39 is 0 Å². The number of aromatic nitrogens is 2. The van der Waals surface area contributed by atoms with Gasteiger partial charge in [-0.25, -0.2) is 0 Å². The molecule has 0 spiro atoms. The normalized spacial score (nSPS) is 14.9. The Labute approximate surface area is 226 Å². The molecule has 0 saturated heterocycles. The van der Waals surface area contributed by atoms with Crippen LogP contribution in [0.5, 0.6) is 11.5 Å². The van der Waals surface area contributed by atoms with Gasteiger partial charge in [0.05, 0.1) is 18.8 Å². The average molecular weight is 520 g/mol. The van der Waals surface area contributed by atoms with Crippen molar-refractivity contribution >= 4 is 5.91 Å². The lowest BCUT2D eigenvalue weighted by atomic mass is 9.94. The highest BCUT2D eigenvalue weighted by Crippen LogP contribution is 2.45. The molecule has 0 saturated carbocycles. The monoisotopic (exact) mass is 519 g/mol. The third-order valence-corrected chi connectivity index (χ3v) is 7.02. The fourth-order valence-electron chi connectivity index (χ4n) is 5.14. The first-order chi connectivity index (χ1) is 18.3. The number of aromatic hydroxyl groups is 1. The van der Waals surface area contributed by atoms with Crippen LogP contribution in [0.1, 0.15) is 91.7 Å². The summed E-state index contributed by atoms with van der Waals surface area (Å²) in [6.07, 6.45) is 5.51. The van der Waals surface area contributed by atoms with E-state index in [1.807, 2.05) is 69.0 Å². The van der Waals surface area contributed by atoms with Crippen LogP contribution in [0.25, 0.3) is 11.3 Å². The molecule has 204 valence electrons. The highest BCUT2D eigenvalue weighted by Gasteiger charge is 2.42.